The Morgan fingerprint density at radius 1 is 1.18 bits per heavy atom. The summed E-state index contributed by atoms with van der Waals surface area (Å²) < 4.78 is 4.22. The van der Waals surface area contributed by atoms with Crippen LogP contribution in [-0.4, -0.2) is 48.2 Å². The molecule has 0 N–H and O–H groups in total. The Morgan fingerprint density at radius 2 is 1.96 bits per heavy atom. The van der Waals surface area contributed by atoms with Crippen molar-refractivity contribution in [3.05, 3.63) is 65.8 Å². The van der Waals surface area contributed by atoms with Crippen molar-refractivity contribution in [2.45, 2.75) is 45.7 Å². The fourth-order valence-corrected chi connectivity index (χ4v) is 3.98. The molecule has 0 spiro atoms. The number of rotatable bonds is 5. The minimum Gasteiger partial charge on any atom is -0.339 e. The van der Waals surface area contributed by atoms with E-state index < -0.39 is 0 Å². The van der Waals surface area contributed by atoms with E-state index in [9.17, 15) is 4.79 Å². The molecule has 1 saturated heterocycles. The van der Waals surface area contributed by atoms with Crippen molar-refractivity contribution in [2.75, 3.05) is 13.1 Å². The van der Waals surface area contributed by atoms with Crippen molar-refractivity contribution in [2.24, 2.45) is 0 Å². The quantitative estimate of drug-likeness (QED) is 0.685. The van der Waals surface area contributed by atoms with Gasteiger partial charge in [0, 0.05) is 43.5 Å². The van der Waals surface area contributed by atoms with Gasteiger partial charge in [0.25, 0.3) is 5.91 Å². The number of hydrogen-bond donors (Lipinski definition) is 0. The van der Waals surface area contributed by atoms with Crippen molar-refractivity contribution in [3.8, 4) is 0 Å². The summed E-state index contributed by atoms with van der Waals surface area (Å²) in [6.45, 7) is 7.14. The molecule has 4 rings (SSSR count). The van der Waals surface area contributed by atoms with Gasteiger partial charge in [0.15, 0.2) is 5.82 Å². The topological polar surface area (TPSA) is 68.8 Å². The zero-order valence-corrected chi connectivity index (χ0v) is 16.5. The summed E-state index contributed by atoms with van der Waals surface area (Å²) in [6.07, 6.45) is 7.34. The molecule has 0 atom stereocenters. The van der Waals surface area contributed by atoms with Gasteiger partial charge in [0.2, 0.25) is 0 Å². The molecule has 0 aliphatic carbocycles. The molecule has 1 fully saturated rings. The molecule has 28 heavy (non-hydrogen) atoms. The first-order valence-corrected chi connectivity index (χ1v) is 9.90. The Bertz CT molecular complexity index is 938. The molecule has 0 radical (unpaired) electrons. The molecule has 1 aliphatic heterocycles. The van der Waals surface area contributed by atoms with Crippen LogP contribution in [0.3, 0.4) is 0 Å². The zero-order chi connectivity index (χ0) is 19.5. The van der Waals surface area contributed by atoms with E-state index in [1.807, 2.05) is 46.9 Å². The largest absolute Gasteiger partial charge is 0.339 e. The van der Waals surface area contributed by atoms with Crippen molar-refractivity contribution in [1.82, 2.24) is 29.2 Å². The average Bonchev–Trinajstić information content (AvgIpc) is 3.38. The highest BCUT2D eigenvalue weighted by atomic mass is 16.2. The smallest absolute Gasteiger partial charge is 0.254 e. The summed E-state index contributed by atoms with van der Waals surface area (Å²) in [7, 11) is 0. The molecule has 146 valence electrons. The van der Waals surface area contributed by atoms with Crippen LogP contribution in [0.15, 0.2) is 43.0 Å². The van der Waals surface area contributed by atoms with Gasteiger partial charge >= 0.3 is 0 Å². The predicted molar refractivity (Wildman–Crippen MR) is 106 cm³/mol. The number of piperidine rings is 1. The third kappa shape index (κ3) is 3.56. The monoisotopic (exact) mass is 378 g/mol. The van der Waals surface area contributed by atoms with E-state index in [1.165, 1.54) is 0 Å². The van der Waals surface area contributed by atoms with Crippen LogP contribution in [0.2, 0.25) is 0 Å². The predicted octanol–water partition coefficient (Wildman–Crippen LogP) is 2.87. The standard InChI is InChI=1S/C21H26N6O/c1-3-27-19(14-25-13-10-22-15-25)23-24-20(27)17-8-11-26(12-9-17)21(28)18-7-5-4-6-16(18)2/h4-7,10,13,15,17H,3,8-9,11-12,14H2,1-2H3. The fraction of sp³-hybridized carbons (Fsp3) is 0.429. The molecule has 3 heterocycles. The van der Waals surface area contributed by atoms with Crippen molar-refractivity contribution in [3.63, 3.8) is 0 Å². The van der Waals surface area contributed by atoms with Gasteiger partial charge in [-0.15, -0.1) is 10.2 Å². The van der Waals surface area contributed by atoms with Gasteiger partial charge in [0.05, 0.1) is 12.9 Å². The zero-order valence-electron chi connectivity index (χ0n) is 16.5. The third-order valence-corrected chi connectivity index (χ3v) is 5.58. The van der Waals surface area contributed by atoms with Crippen LogP contribution in [-0.2, 0) is 13.1 Å². The Kier molecular flexibility index (Phi) is 5.23. The highest BCUT2D eigenvalue weighted by Crippen LogP contribution is 2.28. The first kappa shape index (κ1) is 18.4. The van der Waals surface area contributed by atoms with Gasteiger partial charge in [0.1, 0.15) is 5.82 Å². The Hall–Kier alpha value is -2.96. The van der Waals surface area contributed by atoms with E-state index in [1.54, 1.807) is 12.5 Å². The minimum absolute atomic E-state index is 0.134. The van der Waals surface area contributed by atoms with Crippen LogP contribution in [0.4, 0.5) is 0 Å². The maximum Gasteiger partial charge on any atom is 0.254 e. The van der Waals surface area contributed by atoms with Crippen LogP contribution in [0.5, 0.6) is 0 Å². The van der Waals surface area contributed by atoms with Gasteiger partial charge in [-0.25, -0.2) is 4.98 Å². The number of carbonyl (C=O) groups is 1. The Balaban J connectivity index is 1.44. The van der Waals surface area contributed by atoms with Crippen LogP contribution in [0.1, 0.15) is 53.3 Å². The molecule has 0 bridgehead atoms. The van der Waals surface area contributed by atoms with Crippen molar-refractivity contribution < 1.29 is 4.79 Å². The third-order valence-electron chi connectivity index (χ3n) is 5.58. The van der Waals surface area contributed by atoms with Crippen LogP contribution in [0, 0.1) is 6.92 Å². The van der Waals surface area contributed by atoms with Crippen LogP contribution in [0.25, 0.3) is 0 Å². The number of aryl methyl sites for hydroxylation is 1. The van der Waals surface area contributed by atoms with Gasteiger partial charge < -0.3 is 14.0 Å². The molecular weight excluding hydrogens is 352 g/mol. The molecule has 1 amide bonds. The molecule has 0 saturated carbocycles. The normalized spacial score (nSPS) is 15.1. The lowest BCUT2D eigenvalue weighted by molar-refractivity contribution is 0.0709. The summed E-state index contributed by atoms with van der Waals surface area (Å²) in [6, 6.07) is 7.81. The van der Waals surface area contributed by atoms with Crippen LogP contribution >= 0.6 is 0 Å². The lowest BCUT2D eigenvalue weighted by Crippen LogP contribution is -2.38. The summed E-state index contributed by atoms with van der Waals surface area (Å²) in [4.78, 5) is 18.9. The molecule has 1 aliphatic rings. The first-order valence-electron chi connectivity index (χ1n) is 9.90. The lowest BCUT2D eigenvalue weighted by atomic mass is 9.95. The first-order chi connectivity index (χ1) is 13.7. The second-order valence-electron chi connectivity index (χ2n) is 7.34. The highest BCUT2D eigenvalue weighted by molar-refractivity contribution is 5.95. The van der Waals surface area contributed by atoms with E-state index in [0.29, 0.717) is 12.5 Å². The highest BCUT2D eigenvalue weighted by Gasteiger charge is 2.28. The van der Waals surface area contributed by atoms with Crippen LogP contribution < -0.4 is 0 Å². The number of imidazole rings is 1. The van der Waals surface area contributed by atoms with E-state index in [-0.39, 0.29) is 5.91 Å². The van der Waals surface area contributed by atoms with E-state index >= 15 is 0 Å². The molecule has 1 aromatic carbocycles. The van der Waals surface area contributed by atoms with Crippen molar-refractivity contribution in [1.29, 1.82) is 0 Å². The number of nitrogens with zero attached hydrogens (tertiary/aromatic N) is 6. The van der Waals surface area contributed by atoms with Gasteiger partial charge in [-0.3, -0.25) is 4.79 Å². The molecule has 3 aromatic rings. The summed E-state index contributed by atoms with van der Waals surface area (Å²) in [5, 5.41) is 8.94. The summed E-state index contributed by atoms with van der Waals surface area (Å²) >= 11 is 0. The summed E-state index contributed by atoms with van der Waals surface area (Å²) in [5.74, 6) is 2.47. The number of likely N-dealkylation sites (tertiary alicyclic amines) is 1. The maximum absolute atomic E-state index is 12.9. The number of aromatic nitrogens is 5. The lowest BCUT2D eigenvalue weighted by Gasteiger charge is -2.32. The Labute approximate surface area is 165 Å². The molecular formula is C21H26N6O. The van der Waals surface area contributed by atoms with Gasteiger partial charge in [-0.05, 0) is 38.3 Å². The number of amides is 1. The van der Waals surface area contributed by atoms with Crippen molar-refractivity contribution >= 4 is 5.91 Å². The molecule has 2 aromatic heterocycles. The van der Waals surface area contributed by atoms with E-state index in [2.05, 4.69) is 26.7 Å². The van der Waals surface area contributed by atoms with Gasteiger partial charge in [-0.1, -0.05) is 18.2 Å². The number of carbonyl (C=O) groups excluding carboxylic acids is 1. The number of hydrogen-bond acceptors (Lipinski definition) is 4. The second kappa shape index (κ2) is 7.96. The molecule has 0 unspecified atom stereocenters. The average molecular weight is 378 g/mol. The number of benzene rings is 1. The molecule has 7 heteroatoms. The van der Waals surface area contributed by atoms with E-state index in [4.69, 9.17) is 0 Å². The SMILES string of the molecule is CCn1c(Cn2ccnc2)nnc1C1CCN(C(=O)c2ccccc2C)CC1. The maximum atomic E-state index is 12.9. The minimum atomic E-state index is 0.134. The summed E-state index contributed by atoms with van der Waals surface area (Å²) in [5.41, 5.74) is 1.84. The van der Waals surface area contributed by atoms with E-state index in [0.717, 1.165) is 55.3 Å². The fourth-order valence-electron chi connectivity index (χ4n) is 3.98. The Morgan fingerprint density at radius 3 is 2.64 bits per heavy atom. The van der Waals surface area contributed by atoms with Gasteiger partial charge in [-0.2, -0.15) is 0 Å². The second-order valence-corrected chi connectivity index (χ2v) is 7.34. The molecule has 7 nitrogen and oxygen atoms in total.